The fourth-order valence-corrected chi connectivity index (χ4v) is 2.36. The number of carbonyl (C=O) groups excluding carboxylic acids is 1. The number of rotatable bonds is 4. The van der Waals surface area contributed by atoms with E-state index in [4.69, 9.17) is 0 Å². The van der Waals surface area contributed by atoms with Crippen LogP contribution in [0.1, 0.15) is 11.8 Å². The van der Waals surface area contributed by atoms with Crippen LogP contribution >= 0.6 is 27.3 Å². The highest BCUT2D eigenvalue weighted by atomic mass is 79.9. The summed E-state index contributed by atoms with van der Waals surface area (Å²) in [5.41, 5.74) is 0. The van der Waals surface area contributed by atoms with E-state index in [0.717, 1.165) is 9.35 Å². The van der Waals surface area contributed by atoms with Crippen LogP contribution in [0.5, 0.6) is 0 Å². The topological polar surface area (TPSA) is 29.1 Å². The van der Waals surface area contributed by atoms with E-state index in [2.05, 4.69) is 21.2 Å². The van der Waals surface area contributed by atoms with Gasteiger partial charge in [0.25, 0.3) is 0 Å². The van der Waals surface area contributed by atoms with E-state index >= 15 is 0 Å². The molecule has 0 radical (unpaired) electrons. The second-order valence-electron chi connectivity index (χ2n) is 2.79. The maximum Gasteiger partial charge on any atom is 0.244 e. The summed E-state index contributed by atoms with van der Waals surface area (Å²) in [4.78, 5) is 12.4. The van der Waals surface area contributed by atoms with Crippen molar-refractivity contribution >= 4 is 33.2 Å². The van der Waals surface area contributed by atoms with Crippen LogP contribution in [0.3, 0.4) is 0 Å². The summed E-state index contributed by atoms with van der Waals surface area (Å²) in [6.07, 6.45) is 6.93. The maximum absolute atomic E-state index is 11.3. The summed E-state index contributed by atoms with van der Waals surface area (Å²) in [7, 11) is 0. The third-order valence-electron chi connectivity index (χ3n) is 1.67. The van der Waals surface area contributed by atoms with Crippen LogP contribution in [0, 0.1) is 0 Å². The van der Waals surface area contributed by atoms with Gasteiger partial charge in [-0.15, -0.1) is 11.3 Å². The quantitative estimate of drug-likeness (QED) is 0.668. The Morgan fingerprint density at radius 2 is 2.40 bits per heavy atom. The Morgan fingerprint density at radius 1 is 1.60 bits per heavy atom. The Hall–Kier alpha value is -0.870. The maximum atomic E-state index is 11.3. The highest BCUT2D eigenvalue weighted by molar-refractivity contribution is 9.10. The molecule has 1 aromatic rings. The van der Waals surface area contributed by atoms with Crippen molar-refractivity contribution in [1.29, 1.82) is 0 Å². The average Bonchev–Trinajstić information content (AvgIpc) is 2.61. The van der Waals surface area contributed by atoms with Gasteiger partial charge in [0.15, 0.2) is 0 Å². The van der Waals surface area contributed by atoms with Gasteiger partial charge in [0.1, 0.15) is 0 Å². The standard InChI is InChI=1S/C11H12BrNOS/c1-2-3-4-5-11(14)13-8-10-9(12)6-7-15-10/h2-7H,8H2,1H3,(H,13,14). The predicted octanol–water partition coefficient (Wildman–Crippen LogP) is 3.26. The molecule has 0 aliphatic heterocycles. The second kappa shape index (κ2) is 6.58. The lowest BCUT2D eigenvalue weighted by Gasteiger charge is -1.99. The van der Waals surface area contributed by atoms with Crippen LogP contribution in [0.2, 0.25) is 0 Å². The van der Waals surface area contributed by atoms with Crippen molar-refractivity contribution in [1.82, 2.24) is 5.32 Å². The van der Waals surface area contributed by atoms with Crippen molar-refractivity contribution in [2.75, 3.05) is 0 Å². The van der Waals surface area contributed by atoms with E-state index < -0.39 is 0 Å². The van der Waals surface area contributed by atoms with E-state index in [1.165, 1.54) is 6.08 Å². The van der Waals surface area contributed by atoms with Gasteiger partial charge in [-0.3, -0.25) is 4.79 Å². The van der Waals surface area contributed by atoms with Crippen LogP contribution in [-0.2, 0) is 11.3 Å². The van der Waals surface area contributed by atoms with E-state index in [1.807, 2.05) is 30.5 Å². The molecule has 1 aromatic heterocycles. The number of allylic oxidation sites excluding steroid dienone is 3. The number of thiophene rings is 1. The Morgan fingerprint density at radius 3 is 3.00 bits per heavy atom. The molecule has 0 atom stereocenters. The molecule has 15 heavy (non-hydrogen) atoms. The molecular formula is C11H12BrNOS. The van der Waals surface area contributed by atoms with Crippen molar-refractivity contribution < 1.29 is 4.79 Å². The Bertz CT molecular complexity index is 382. The number of amides is 1. The van der Waals surface area contributed by atoms with Crippen molar-refractivity contribution in [3.8, 4) is 0 Å². The zero-order chi connectivity index (χ0) is 11.1. The Kier molecular flexibility index (Phi) is 5.36. The number of hydrogen-bond donors (Lipinski definition) is 1. The predicted molar refractivity (Wildman–Crippen MR) is 67.8 cm³/mol. The third-order valence-corrected chi connectivity index (χ3v) is 3.59. The van der Waals surface area contributed by atoms with Gasteiger partial charge in [-0.05, 0) is 34.3 Å². The molecule has 1 amide bonds. The summed E-state index contributed by atoms with van der Waals surface area (Å²) in [5.74, 6) is -0.0756. The van der Waals surface area contributed by atoms with Gasteiger partial charge in [0.05, 0.1) is 6.54 Å². The Labute approximate surface area is 102 Å². The fourth-order valence-electron chi connectivity index (χ4n) is 0.932. The minimum Gasteiger partial charge on any atom is -0.348 e. The molecule has 0 aliphatic rings. The van der Waals surface area contributed by atoms with E-state index in [9.17, 15) is 4.79 Å². The highest BCUT2D eigenvalue weighted by Crippen LogP contribution is 2.21. The summed E-state index contributed by atoms with van der Waals surface area (Å²) in [6, 6.07) is 1.97. The number of hydrogen-bond acceptors (Lipinski definition) is 2. The summed E-state index contributed by atoms with van der Waals surface area (Å²) < 4.78 is 1.05. The molecule has 0 aromatic carbocycles. The van der Waals surface area contributed by atoms with Crippen LogP contribution in [0.15, 0.2) is 40.2 Å². The lowest BCUT2D eigenvalue weighted by Crippen LogP contribution is -2.19. The van der Waals surface area contributed by atoms with Crippen molar-refractivity contribution in [3.63, 3.8) is 0 Å². The van der Waals surface area contributed by atoms with Gasteiger partial charge in [-0.1, -0.05) is 18.2 Å². The zero-order valence-electron chi connectivity index (χ0n) is 8.37. The molecule has 0 saturated carbocycles. The van der Waals surface area contributed by atoms with E-state index in [0.29, 0.717) is 6.54 Å². The van der Waals surface area contributed by atoms with Crippen LogP contribution in [-0.4, -0.2) is 5.91 Å². The van der Waals surface area contributed by atoms with Crippen molar-refractivity contribution in [3.05, 3.63) is 45.1 Å². The smallest absolute Gasteiger partial charge is 0.244 e. The lowest BCUT2D eigenvalue weighted by atomic mass is 10.4. The molecule has 0 fully saturated rings. The third kappa shape index (κ3) is 4.44. The molecule has 2 nitrogen and oxygen atoms in total. The first kappa shape index (κ1) is 12.2. The number of nitrogens with one attached hydrogen (secondary N) is 1. The van der Waals surface area contributed by atoms with E-state index in [-0.39, 0.29) is 5.91 Å². The monoisotopic (exact) mass is 285 g/mol. The molecular weight excluding hydrogens is 274 g/mol. The molecule has 0 aliphatic carbocycles. The highest BCUT2D eigenvalue weighted by Gasteiger charge is 2.01. The first-order valence-electron chi connectivity index (χ1n) is 4.53. The second-order valence-corrected chi connectivity index (χ2v) is 4.65. The van der Waals surface area contributed by atoms with Gasteiger partial charge < -0.3 is 5.32 Å². The summed E-state index contributed by atoms with van der Waals surface area (Å²) in [6.45, 7) is 2.47. The van der Waals surface area contributed by atoms with Crippen molar-refractivity contribution in [2.45, 2.75) is 13.5 Å². The fraction of sp³-hybridized carbons (Fsp3) is 0.182. The summed E-state index contributed by atoms with van der Waals surface area (Å²) in [5, 5.41) is 4.79. The summed E-state index contributed by atoms with van der Waals surface area (Å²) >= 11 is 5.03. The molecule has 0 bridgehead atoms. The van der Waals surface area contributed by atoms with Gasteiger partial charge in [-0.25, -0.2) is 0 Å². The van der Waals surface area contributed by atoms with Crippen LogP contribution in [0.25, 0.3) is 0 Å². The lowest BCUT2D eigenvalue weighted by molar-refractivity contribution is -0.116. The molecule has 1 N–H and O–H groups in total. The molecule has 4 heteroatoms. The molecule has 0 spiro atoms. The average molecular weight is 286 g/mol. The van der Waals surface area contributed by atoms with Crippen LogP contribution < -0.4 is 5.32 Å². The zero-order valence-corrected chi connectivity index (χ0v) is 10.8. The molecule has 0 unspecified atom stereocenters. The Balaban J connectivity index is 2.38. The molecule has 0 saturated heterocycles. The molecule has 1 heterocycles. The minimum atomic E-state index is -0.0756. The van der Waals surface area contributed by atoms with Crippen molar-refractivity contribution in [2.24, 2.45) is 0 Å². The van der Waals surface area contributed by atoms with Gasteiger partial charge in [-0.2, -0.15) is 0 Å². The van der Waals surface area contributed by atoms with Crippen LogP contribution in [0.4, 0.5) is 0 Å². The first-order chi connectivity index (χ1) is 7.24. The number of carbonyl (C=O) groups is 1. The van der Waals surface area contributed by atoms with Gasteiger partial charge in [0, 0.05) is 15.4 Å². The molecule has 1 rings (SSSR count). The van der Waals surface area contributed by atoms with Gasteiger partial charge >= 0.3 is 0 Å². The first-order valence-corrected chi connectivity index (χ1v) is 6.20. The SMILES string of the molecule is CC=CC=CC(=O)NCc1sccc1Br. The largest absolute Gasteiger partial charge is 0.348 e. The number of halogens is 1. The van der Waals surface area contributed by atoms with Gasteiger partial charge in [0.2, 0.25) is 5.91 Å². The minimum absolute atomic E-state index is 0.0756. The molecule has 80 valence electrons. The normalized spacial score (nSPS) is 11.3. The van der Waals surface area contributed by atoms with E-state index in [1.54, 1.807) is 17.4 Å².